The van der Waals surface area contributed by atoms with Crippen molar-refractivity contribution < 1.29 is 24.0 Å². The van der Waals surface area contributed by atoms with Gasteiger partial charge in [-0.25, -0.2) is 9.78 Å². The van der Waals surface area contributed by atoms with Crippen LogP contribution >= 0.6 is 11.3 Å². The van der Waals surface area contributed by atoms with Crippen molar-refractivity contribution in [3.05, 3.63) is 28.6 Å². The number of hydrogen-bond donors (Lipinski definition) is 3. The molecule has 0 bridgehead atoms. The molecule has 1 unspecified atom stereocenters. The molecule has 0 saturated heterocycles. The van der Waals surface area contributed by atoms with Gasteiger partial charge in [-0.2, -0.15) is 0 Å². The first-order valence-electron chi connectivity index (χ1n) is 7.47. The summed E-state index contributed by atoms with van der Waals surface area (Å²) in [5, 5.41) is 19.6. The summed E-state index contributed by atoms with van der Waals surface area (Å²) in [5.41, 5.74) is 0.565. The SMILES string of the molecule is Cc1cc(C(=O)Nc2nc(CC(=O)NC(C(=O)O)C(C)C)cs2)no1. The number of carboxylic acid groups (broad SMARTS) is 1. The van der Waals surface area contributed by atoms with Gasteiger partial charge in [-0.05, 0) is 12.8 Å². The molecule has 0 spiro atoms. The van der Waals surface area contributed by atoms with Crippen LogP contribution < -0.4 is 10.6 Å². The minimum Gasteiger partial charge on any atom is -0.480 e. The zero-order valence-corrected chi connectivity index (χ0v) is 14.7. The summed E-state index contributed by atoms with van der Waals surface area (Å²) in [6, 6.07) is 0.538. The molecule has 9 nitrogen and oxygen atoms in total. The highest BCUT2D eigenvalue weighted by atomic mass is 32.1. The van der Waals surface area contributed by atoms with Crippen molar-refractivity contribution in [2.45, 2.75) is 33.2 Å². The molecular weight excluding hydrogens is 348 g/mol. The first-order valence-corrected chi connectivity index (χ1v) is 8.35. The van der Waals surface area contributed by atoms with Crippen molar-refractivity contribution in [1.29, 1.82) is 0 Å². The van der Waals surface area contributed by atoms with Crippen molar-refractivity contribution in [3.8, 4) is 0 Å². The van der Waals surface area contributed by atoms with Gasteiger partial charge >= 0.3 is 5.97 Å². The van der Waals surface area contributed by atoms with Gasteiger partial charge in [-0.1, -0.05) is 19.0 Å². The van der Waals surface area contributed by atoms with Crippen LogP contribution in [0.3, 0.4) is 0 Å². The number of amides is 2. The quantitative estimate of drug-likeness (QED) is 0.675. The first-order chi connectivity index (χ1) is 11.8. The largest absolute Gasteiger partial charge is 0.480 e. The average Bonchev–Trinajstić information content (AvgIpc) is 3.13. The Bertz CT molecular complexity index is 782. The smallest absolute Gasteiger partial charge is 0.326 e. The minimum atomic E-state index is -1.09. The first kappa shape index (κ1) is 18.6. The van der Waals surface area contributed by atoms with Gasteiger partial charge in [-0.3, -0.25) is 14.9 Å². The fourth-order valence-corrected chi connectivity index (χ4v) is 2.69. The molecule has 1 atom stereocenters. The van der Waals surface area contributed by atoms with E-state index in [-0.39, 0.29) is 18.0 Å². The molecule has 2 rings (SSSR count). The number of thiazole rings is 1. The van der Waals surface area contributed by atoms with E-state index in [4.69, 9.17) is 9.63 Å². The van der Waals surface area contributed by atoms with Crippen LogP contribution in [0.2, 0.25) is 0 Å². The molecule has 2 aromatic rings. The number of aryl methyl sites for hydroxylation is 1. The zero-order valence-electron chi connectivity index (χ0n) is 13.9. The van der Waals surface area contributed by atoms with E-state index in [1.165, 1.54) is 6.07 Å². The number of aromatic nitrogens is 2. The predicted molar refractivity (Wildman–Crippen MR) is 89.4 cm³/mol. The van der Waals surface area contributed by atoms with Gasteiger partial charge in [-0.15, -0.1) is 11.3 Å². The van der Waals surface area contributed by atoms with Crippen molar-refractivity contribution in [2.75, 3.05) is 5.32 Å². The Kier molecular flexibility index (Phi) is 5.86. The summed E-state index contributed by atoms with van der Waals surface area (Å²) in [5.74, 6) is -1.72. The Balaban J connectivity index is 1.93. The lowest BCUT2D eigenvalue weighted by atomic mass is 10.0. The molecule has 10 heteroatoms. The van der Waals surface area contributed by atoms with Crippen LogP contribution in [0.5, 0.6) is 0 Å². The lowest BCUT2D eigenvalue weighted by Crippen LogP contribution is -2.44. The maximum Gasteiger partial charge on any atom is 0.326 e. The van der Waals surface area contributed by atoms with Crippen molar-refractivity contribution in [1.82, 2.24) is 15.5 Å². The molecule has 3 N–H and O–H groups in total. The molecule has 0 aliphatic rings. The van der Waals surface area contributed by atoms with Crippen LogP contribution in [-0.4, -0.2) is 39.1 Å². The van der Waals surface area contributed by atoms with E-state index < -0.39 is 23.8 Å². The van der Waals surface area contributed by atoms with E-state index >= 15 is 0 Å². The molecule has 0 aliphatic carbocycles. The molecular formula is C15H18N4O5S. The molecule has 0 saturated carbocycles. The molecule has 134 valence electrons. The maximum absolute atomic E-state index is 12.0. The monoisotopic (exact) mass is 366 g/mol. The van der Waals surface area contributed by atoms with Crippen molar-refractivity contribution in [3.63, 3.8) is 0 Å². The number of anilines is 1. The topological polar surface area (TPSA) is 134 Å². The number of nitrogens with one attached hydrogen (secondary N) is 2. The summed E-state index contributed by atoms with van der Waals surface area (Å²) >= 11 is 1.16. The Hall–Kier alpha value is -2.75. The van der Waals surface area contributed by atoms with Gasteiger partial charge in [0.25, 0.3) is 5.91 Å². The average molecular weight is 366 g/mol. The Morgan fingerprint density at radius 3 is 2.64 bits per heavy atom. The fourth-order valence-electron chi connectivity index (χ4n) is 1.98. The standard InChI is InChI=1S/C15H18N4O5S/c1-7(2)12(14(22)23)17-11(20)5-9-6-25-15(16-9)18-13(21)10-4-8(3)24-19-10/h4,6-7,12H,5H2,1-3H3,(H,17,20)(H,22,23)(H,16,18,21). The zero-order chi connectivity index (χ0) is 18.6. The third kappa shape index (κ3) is 5.11. The minimum absolute atomic E-state index is 0.0774. The number of hydrogen-bond acceptors (Lipinski definition) is 7. The van der Waals surface area contributed by atoms with E-state index in [0.29, 0.717) is 16.6 Å². The molecule has 2 amide bonds. The third-order valence-corrected chi connectivity index (χ3v) is 4.03. The van der Waals surface area contributed by atoms with Crippen molar-refractivity contribution >= 4 is 34.3 Å². The number of carbonyl (C=O) groups excluding carboxylic acids is 2. The molecule has 25 heavy (non-hydrogen) atoms. The van der Waals surface area contributed by atoms with Gasteiger partial charge < -0.3 is 14.9 Å². The lowest BCUT2D eigenvalue weighted by molar-refractivity contribution is -0.143. The van der Waals surface area contributed by atoms with Crippen LogP contribution in [0.15, 0.2) is 16.0 Å². The molecule has 0 aromatic carbocycles. The normalized spacial score (nSPS) is 12.0. The Labute approximate surface area is 147 Å². The van der Waals surface area contributed by atoms with Crippen LogP contribution in [0, 0.1) is 12.8 Å². The molecule has 0 aliphatic heterocycles. The summed E-state index contributed by atoms with van der Waals surface area (Å²) in [4.78, 5) is 39.2. The van der Waals surface area contributed by atoms with Crippen LogP contribution in [-0.2, 0) is 16.0 Å². The summed E-state index contributed by atoms with van der Waals surface area (Å²) in [6.45, 7) is 5.09. The number of carbonyl (C=O) groups is 3. The van der Waals surface area contributed by atoms with Gasteiger partial charge in [0.05, 0.1) is 12.1 Å². The molecule has 2 heterocycles. The van der Waals surface area contributed by atoms with E-state index in [1.807, 2.05) is 0 Å². The number of nitrogens with zero attached hydrogens (tertiary/aromatic N) is 2. The molecule has 2 aromatic heterocycles. The van der Waals surface area contributed by atoms with Gasteiger partial charge in [0.15, 0.2) is 10.8 Å². The van der Waals surface area contributed by atoms with E-state index in [2.05, 4.69) is 20.8 Å². The van der Waals surface area contributed by atoms with Gasteiger partial charge in [0.1, 0.15) is 11.8 Å². The van der Waals surface area contributed by atoms with E-state index in [1.54, 1.807) is 26.2 Å². The second-order valence-corrected chi connectivity index (χ2v) is 6.58. The van der Waals surface area contributed by atoms with Crippen molar-refractivity contribution in [2.24, 2.45) is 5.92 Å². The maximum atomic E-state index is 12.0. The highest BCUT2D eigenvalue weighted by Gasteiger charge is 2.23. The van der Waals surface area contributed by atoms with Crippen LogP contribution in [0.4, 0.5) is 5.13 Å². The van der Waals surface area contributed by atoms with Crippen LogP contribution in [0.1, 0.15) is 35.8 Å². The second kappa shape index (κ2) is 7.88. The van der Waals surface area contributed by atoms with Gasteiger partial charge in [0.2, 0.25) is 5.91 Å². The summed E-state index contributed by atoms with van der Waals surface area (Å²) in [6.07, 6.45) is -0.0774. The number of carboxylic acids is 1. The summed E-state index contributed by atoms with van der Waals surface area (Å²) < 4.78 is 4.83. The number of rotatable bonds is 7. The second-order valence-electron chi connectivity index (χ2n) is 5.73. The Morgan fingerprint density at radius 2 is 2.08 bits per heavy atom. The Morgan fingerprint density at radius 1 is 1.36 bits per heavy atom. The highest BCUT2D eigenvalue weighted by molar-refractivity contribution is 7.14. The highest BCUT2D eigenvalue weighted by Crippen LogP contribution is 2.17. The third-order valence-electron chi connectivity index (χ3n) is 3.22. The van der Waals surface area contributed by atoms with Gasteiger partial charge in [0, 0.05) is 11.4 Å². The van der Waals surface area contributed by atoms with E-state index in [0.717, 1.165) is 11.3 Å². The summed E-state index contributed by atoms with van der Waals surface area (Å²) in [7, 11) is 0. The lowest BCUT2D eigenvalue weighted by Gasteiger charge is -2.17. The predicted octanol–water partition coefficient (Wildman–Crippen LogP) is 1.46. The molecule has 0 fully saturated rings. The molecule has 0 radical (unpaired) electrons. The number of aliphatic carboxylic acids is 1. The van der Waals surface area contributed by atoms with Crippen LogP contribution in [0.25, 0.3) is 0 Å². The van der Waals surface area contributed by atoms with E-state index in [9.17, 15) is 14.4 Å². The fraction of sp³-hybridized carbons (Fsp3) is 0.400.